The van der Waals surface area contributed by atoms with Gasteiger partial charge < -0.3 is 25.3 Å². The molecule has 0 spiro atoms. The van der Waals surface area contributed by atoms with Crippen LogP contribution < -0.4 is 15.8 Å². The van der Waals surface area contributed by atoms with Gasteiger partial charge in [0.15, 0.2) is 5.96 Å². The van der Waals surface area contributed by atoms with Crippen LogP contribution in [0.25, 0.3) is 0 Å². The van der Waals surface area contributed by atoms with Gasteiger partial charge in [-0.25, -0.2) is 4.99 Å². The van der Waals surface area contributed by atoms with Gasteiger partial charge in [-0.3, -0.25) is 0 Å². The number of nitrogens with zero attached hydrogens (tertiary/aromatic N) is 1. The first-order valence-corrected chi connectivity index (χ1v) is 6.97. The molecule has 0 amide bonds. The maximum atomic E-state index is 10.3. The summed E-state index contributed by atoms with van der Waals surface area (Å²) in [7, 11) is 1.54. The number of guanidine groups is 1. The third-order valence-corrected chi connectivity index (χ3v) is 3.33. The van der Waals surface area contributed by atoms with Crippen LogP contribution >= 0.6 is 11.6 Å². The molecule has 0 aliphatic rings. The van der Waals surface area contributed by atoms with Crippen molar-refractivity contribution in [3.63, 3.8) is 0 Å². The van der Waals surface area contributed by atoms with E-state index in [0.717, 1.165) is 0 Å². The summed E-state index contributed by atoms with van der Waals surface area (Å²) in [6.07, 6.45) is 1.49. The summed E-state index contributed by atoms with van der Waals surface area (Å²) in [5, 5.41) is 13.6. The predicted octanol–water partition coefficient (Wildman–Crippen LogP) is 2.58. The van der Waals surface area contributed by atoms with Gasteiger partial charge >= 0.3 is 0 Å². The standard InChI is InChI=1S/C15H18ClN3O3/c1-15(20,13-4-3-7-22-13)9-18-14(17)19-10-5-6-12(21-2)11(16)8-10/h3-8,20H,9H2,1-2H3,(H3,17,18,19). The highest BCUT2D eigenvalue weighted by Gasteiger charge is 2.25. The normalized spacial score (nSPS) is 14.5. The Morgan fingerprint density at radius 1 is 1.50 bits per heavy atom. The van der Waals surface area contributed by atoms with E-state index in [0.29, 0.717) is 22.2 Å². The SMILES string of the molecule is COc1ccc(NC(N)=NCC(C)(O)c2ccco2)cc1Cl. The molecule has 2 rings (SSSR count). The van der Waals surface area contributed by atoms with Crippen molar-refractivity contribution in [2.75, 3.05) is 19.0 Å². The Bertz CT molecular complexity index is 654. The van der Waals surface area contributed by atoms with Crippen LogP contribution in [0.4, 0.5) is 5.69 Å². The highest BCUT2D eigenvalue weighted by atomic mass is 35.5. The van der Waals surface area contributed by atoms with E-state index in [1.807, 2.05) is 0 Å². The summed E-state index contributed by atoms with van der Waals surface area (Å²) in [4.78, 5) is 4.12. The number of hydrogen-bond donors (Lipinski definition) is 3. The number of methoxy groups -OCH3 is 1. The summed E-state index contributed by atoms with van der Waals surface area (Å²) in [6.45, 7) is 1.66. The van der Waals surface area contributed by atoms with Crippen LogP contribution in [0, 0.1) is 0 Å². The second kappa shape index (κ2) is 6.72. The number of nitrogens with two attached hydrogens (primary N) is 1. The Labute approximate surface area is 133 Å². The lowest BCUT2D eigenvalue weighted by Crippen LogP contribution is -2.29. The van der Waals surface area contributed by atoms with Crippen molar-refractivity contribution < 1.29 is 14.3 Å². The van der Waals surface area contributed by atoms with Crippen molar-refractivity contribution in [1.29, 1.82) is 0 Å². The molecule has 0 fully saturated rings. The van der Waals surface area contributed by atoms with E-state index in [9.17, 15) is 5.11 Å². The first kappa shape index (κ1) is 16.2. The van der Waals surface area contributed by atoms with E-state index in [1.165, 1.54) is 6.26 Å². The maximum absolute atomic E-state index is 10.3. The fourth-order valence-electron chi connectivity index (χ4n) is 1.83. The Morgan fingerprint density at radius 2 is 2.27 bits per heavy atom. The fraction of sp³-hybridized carbons (Fsp3) is 0.267. The van der Waals surface area contributed by atoms with E-state index in [-0.39, 0.29) is 12.5 Å². The van der Waals surface area contributed by atoms with Crippen molar-refractivity contribution in [2.24, 2.45) is 10.7 Å². The van der Waals surface area contributed by atoms with E-state index >= 15 is 0 Å². The van der Waals surface area contributed by atoms with Gasteiger partial charge in [0, 0.05) is 5.69 Å². The van der Waals surface area contributed by atoms with Gasteiger partial charge in [-0.2, -0.15) is 0 Å². The van der Waals surface area contributed by atoms with Gasteiger partial charge in [-0.1, -0.05) is 11.6 Å². The molecule has 0 aliphatic heterocycles. The average molecular weight is 324 g/mol. The zero-order valence-corrected chi connectivity index (χ0v) is 13.1. The Kier molecular flexibility index (Phi) is 4.95. The number of nitrogens with one attached hydrogen (secondary N) is 1. The minimum absolute atomic E-state index is 0.0588. The van der Waals surface area contributed by atoms with Crippen molar-refractivity contribution >= 4 is 23.2 Å². The van der Waals surface area contributed by atoms with Crippen LogP contribution in [-0.2, 0) is 5.60 Å². The molecule has 22 heavy (non-hydrogen) atoms. The Morgan fingerprint density at radius 3 is 2.86 bits per heavy atom. The molecule has 1 aromatic carbocycles. The zero-order chi connectivity index (χ0) is 16.2. The average Bonchev–Trinajstić information content (AvgIpc) is 3.00. The van der Waals surface area contributed by atoms with Crippen LogP contribution in [-0.4, -0.2) is 24.7 Å². The molecule has 1 aromatic heterocycles. The summed E-state index contributed by atoms with van der Waals surface area (Å²) >= 11 is 6.03. The predicted molar refractivity (Wildman–Crippen MR) is 86.4 cm³/mol. The van der Waals surface area contributed by atoms with Crippen LogP contribution in [0.5, 0.6) is 5.75 Å². The number of ether oxygens (including phenoxy) is 1. The second-order valence-electron chi connectivity index (χ2n) is 4.93. The first-order valence-electron chi connectivity index (χ1n) is 6.59. The third kappa shape index (κ3) is 3.93. The zero-order valence-electron chi connectivity index (χ0n) is 12.3. The number of furan rings is 1. The van der Waals surface area contributed by atoms with Gasteiger partial charge in [-0.15, -0.1) is 0 Å². The summed E-state index contributed by atoms with van der Waals surface area (Å²) < 4.78 is 10.3. The molecular weight excluding hydrogens is 306 g/mol. The van der Waals surface area contributed by atoms with Crippen molar-refractivity contribution in [3.8, 4) is 5.75 Å². The Balaban J connectivity index is 2.02. The van der Waals surface area contributed by atoms with E-state index < -0.39 is 5.60 Å². The monoisotopic (exact) mass is 323 g/mol. The first-order chi connectivity index (χ1) is 10.4. The fourth-order valence-corrected chi connectivity index (χ4v) is 2.09. The second-order valence-corrected chi connectivity index (χ2v) is 5.33. The molecule has 0 aliphatic carbocycles. The quantitative estimate of drug-likeness (QED) is 0.581. The van der Waals surface area contributed by atoms with E-state index in [4.69, 9.17) is 26.5 Å². The minimum atomic E-state index is -1.23. The van der Waals surface area contributed by atoms with Crippen molar-refractivity contribution in [1.82, 2.24) is 0 Å². The smallest absolute Gasteiger partial charge is 0.193 e. The molecule has 6 nitrogen and oxygen atoms in total. The molecule has 118 valence electrons. The van der Waals surface area contributed by atoms with Crippen LogP contribution in [0.3, 0.4) is 0 Å². The number of rotatable bonds is 5. The molecular formula is C15H18ClN3O3. The number of halogens is 1. The highest BCUT2D eigenvalue weighted by Crippen LogP contribution is 2.27. The topological polar surface area (TPSA) is 93.0 Å². The van der Waals surface area contributed by atoms with Gasteiger partial charge in [-0.05, 0) is 37.3 Å². The lowest BCUT2D eigenvalue weighted by atomic mass is 10.0. The summed E-state index contributed by atoms with van der Waals surface area (Å²) in [5.74, 6) is 1.16. The number of aliphatic imine (C=N–C) groups is 1. The molecule has 0 saturated heterocycles. The molecule has 0 radical (unpaired) electrons. The van der Waals surface area contributed by atoms with Crippen LogP contribution in [0.15, 0.2) is 46.0 Å². The largest absolute Gasteiger partial charge is 0.495 e. The molecule has 1 unspecified atom stereocenters. The van der Waals surface area contributed by atoms with Gasteiger partial charge in [0.1, 0.15) is 17.1 Å². The van der Waals surface area contributed by atoms with E-state index in [2.05, 4.69) is 10.3 Å². The lowest BCUT2D eigenvalue weighted by Gasteiger charge is -2.18. The number of anilines is 1. The Hall–Kier alpha value is -2.18. The molecule has 4 N–H and O–H groups in total. The maximum Gasteiger partial charge on any atom is 0.193 e. The minimum Gasteiger partial charge on any atom is -0.495 e. The van der Waals surface area contributed by atoms with Crippen molar-refractivity contribution in [2.45, 2.75) is 12.5 Å². The lowest BCUT2D eigenvalue weighted by molar-refractivity contribution is 0.0438. The molecule has 0 saturated carbocycles. The summed E-state index contributed by atoms with van der Waals surface area (Å²) in [5.41, 5.74) is 5.25. The summed E-state index contributed by atoms with van der Waals surface area (Å²) in [6, 6.07) is 8.54. The molecule has 1 heterocycles. The number of hydrogen-bond acceptors (Lipinski definition) is 4. The van der Waals surface area contributed by atoms with Gasteiger partial charge in [0.2, 0.25) is 0 Å². The van der Waals surface area contributed by atoms with Crippen LogP contribution in [0.1, 0.15) is 12.7 Å². The third-order valence-electron chi connectivity index (χ3n) is 3.03. The molecule has 1 atom stereocenters. The van der Waals surface area contributed by atoms with Gasteiger partial charge in [0.25, 0.3) is 0 Å². The molecule has 7 heteroatoms. The van der Waals surface area contributed by atoms with Crippen LogP contribution in [0.2, 0.25) is 5.02 Å². The number of benzene rings is 1. The van der Waals surface area contributed by atoms with Crippen molar-refractivity contribution in [3.05, 3.63) is 47.4 Å². The van der Waals surface area contributed by atoms with Gasteiger partial charge in [0.05, 0.1) is 24.9 Å². The number of aliphatic hydroxyl groups is 1. The molecule has 0 bridgehead atoms. The highest BCUT2D eigenvalue weighted by molar-refractivity contribution is 6.32. The van der Waals surface area contributed by atoms with E-state index in [1.54, 1.807) is 44.4 Å². The molecule has 2 aromatic rings.